The predicted molar refractivity (Wildman–Crippen MR) is 165 cm³/mol. The maximum absolute atomic E-state index is 14.2. The van der Waals surface area contributed by atoms with Crippen LogP contribution in [0.2, 0.25) is 15.1 Å². The first-order chi connectivity index (χ1) is 19.5. The third-order valence-corrected chi connectivity index (χ3v) is 9.03. The van der Waals surface area contributed by atoms with Gasteiger partial charge >= 0.3 is 0 Å². The Balaban J connectivity index is 1.75. The first kappa shape index (κ1) is 31.2. The number of anilines is 1. The molecule has 7 nitrogen and oxygen atoms in total. The zero-order valence-corrected chi connectivity index (χ0v) is 25.7. The van der Waals surface area contributed by atoms with Gasteiger partial charge in [-0.25, -0.2) is 8.42 Å². The van der Waals surface area contributed by atoms with Crippen molar-refractivity contribution in [2.45, 2.75) is 50.7 Å². The molecule has 218 valence electrons. The number of amides is 2. The Hall–Kier alpha value is -2.78. The van der Waals surface area contributed by atoms with Crippen molar-refractivity contribution in [3.05, 3.63) is 99.0 Å². The molecule has 4 rings (SSSR count). The van der Waals surface area contributed by atoms with Gasteiger partial charge in [0.15, 0.2) is 0 Å². The zero-order valence-electron chi connectivity index (χ0n) is 22.6. The van der Waals surface area contributed by atoms with Gasteiger partial charge in [-0.15, -0.1) is 0 Å². The molecule has 1 N–H and O–H groups in total. The van der Waals surface area contributed by atoms with Gasteiger partial charge in [0.05, 0.1) is 11.9 Å². The highest BCUT2D eigenvalue weighted by molar-refractivity contribution is 7.92. The van der Waals surface area contributed by atoms with E-state index in [1.165, 1.54) is 23.1 Å². The zero-order chi connectivity index (χ0) is 29.6. The Labute approximate surface area is 256 Å². The van der Waals surface area contributed by atoms with Crippen molar-refractivity contribution >= 4 is 62.3 Å². The van der Waals surface area contributed by atoms with Crippen LogP contribution in [0.25, 0.3) is 0 Å². The number of nitrogens with one attached hydrogen (secondary N) is 1. The Kier molecular flexibility index (Phi) is 10.6. The van der Waals surface area contributed by atoms with Gasteiger partial charge in [-0.05, 0) is 48.2 Å². The van der Waals surface area contributed by atoms with Crippen molar-refractivity contribution in [1.82, 2.24) is 10.2 Å². The SMILES string of the molecule is CS(=O)(=O)N(CC(=O)N(Cc1ccccc1Cl)[C@@H](Cc1ccccc1)C(=O)NC1CCCC1)c1cc(Cl)cc(Cl)c1. The molecule has 11 heteroatoms. The van der Waals surface area contributed by atoms with Gasteiger partial charge < -0.3 is 10.2 Å². The lowest BCUT2D eigenvalue weighted by molar-refractivity contribution is -0.140. The lowest BCUT2D eigenvalue weighted by Gasteiger charge is -2.34. The number of halogens is 3. The van der Waals surface area contributed by atoms with Crippen molar-refractivity contribution in [3.8, 4) is 0 Å². The average molecular weight is 637 g/mol. The van der Waals surface area contributed by atoms with E-state index in [-0.39, 0.29) is 40.6 Å². The Morgan fingerprint density at radius 1 is 0.927 bits per heavy atom. The molecule has 41 heavy (non-hydrogen) atoms. The number of carbonyl (C=O) groups excluding carboxylic acids is 2. The topological polar surface area (TPSA) is 86.8 Å². The van der Waals surface area contributed by atoms with Crippen LogP contribution < -0.4 is 9.62 Å². The Morgan fingerprint density at radius 2 is 1.54 bits per heavy atom. The molecule has 1 aliphatic carbocycles. The van der Waals surface area contributed by atoms with Crippen molar-refractivity contribution in [1.29, 1.82) is 0 Å². The van der Waals surface area contributed by atoms with E-state index in [4.69, 9.17) is 34.8 Å². The molecule has 0 aliphatic heterocycles. The van der Waals surface area contributed by atoms with Gasteiger partial charge in [0.25, 0.3) is 0 Å². The number of hydrogen-bond acceptors (Lipinski definition) is 4. The lowest BCUT2D eigenvalue weighted by atomic mass is 10.0. The van der Waals surface area contributed by atoms with Crippen LogP contribution in [0.4, 0.5) is 5.69 Å². The fraction of sp³-hybridized carbons (Fsp3) is 0.333. The predicted octanol–water partition coefficient (Wildman–Crippen LogP) is 6.11. The smallest absolute Gasteiger partial charge is 0.244 e. The van der Waals surface area contributed by atoms with E-state index in [1.807, 2.05) is 30.3 Å². The largest absolute Gasteiger partial charge is 0.352 e. The second-order valence-corrected chi connectivity index (χ2v) is 13.4. The Bertz CT molecular complexity index is 1460. The van der Waals surface area contributed by atoms with Gasteiger partial charge in [-0.2, -0.15) is 0 Å². The van der Waals surface area contributed by atoms with Crippen LogP contribution in [0.1, 0.15) is 36.8 Å². The van der Waals surface area contributed by atoms with E-state index in [2.05, 4.69) is 5.32 Å². The number of nitrogens with zero attached hydrogens (tertiary/aromatic N) is 2. The van der Waals surface area contributed by atoms with E-state index in [9.17, 15) is 18.0 Å². The highest BCUT2D eigenvalue weighted by atomic mass is 35.5. The molecule has 1 fully saturated rings. The minimum Gasteiger partial charge on any atom is -0.352 e. The quantitative estimate of drug-likeness (QED) is 0.275. The highest BCUT2D eigenvalue weighted by Gasteiger charge is 2.34. The summed E-state index contributed by atoms with van der Waals surface area (Å²) in [5.41, 5.74) is 1.63. The number of hydrogen-bond donors (Lipinski definition) is 1. The maximum atomic E-state index is 14.2. The summed E-state index contributed by atoms with van der Waals surface area (Å²) in [6.07, 6.45) is 5.04. The van der Waals surface area contributed by atoms with E-state index in [0.29, 0.717) is 10.6 Å². The normalized spacial score (nSPS) is 14.4. The fourth-order valence-electron chi connectivity index (χ4n) is 5.03. The molecule has 1 saturated carbocycles. The lowest BCUT2D eigenvalue weighted by Crippen LogP contribution is -2.54. The molecule has 1 aliphatic rings. The molecule has 0 unspecified atom stereocenters. The van der Waals surface area contributed by atoms with Gasteiger partial charge in [-0.1, -0.05) is 96.2 Å². The molecule has 0 radical (unpaired) electrons. The molecule has 1 atom stereocenters. The van der Waals surface area contributed by atoms with Crippen LogP contribution in [0, 0.1) is 0 Å². The summed E-state index contributed by atoms with van der Waals surface area (Å²) in [7, 11) is -3.94. The summed E-state index contributed by atoms with van der Waals surface area (Å²) in [6, 6.07) is 19.9. The molecule has 3 aromatic rings. The molecule has 0 aromatic heterocycles. The number of benzene rings is 3. The highest BCUT2D eigenvalue weighted by Crippen LogP contribution is 2.28. The van der Waals surface area contributed by atoms with Gasteiger partial charge in [-0.3, -0.25) is 13.9 Å². The number of carbonyl (C=O) groups is 2. The summed E-state index contributed by atoms with van der Waals surface area (Å²) in [6.45, 7) is -0.566. The Morgan fingerprint density at radius 3 is 2.15 bits per heavy atom. The molecule has 0 saturated heterocycles. The van der Waals surface area contributed by atoms with Gasteiger partial charge in [0.1, 0.15) is 12.6 Å². The summed E-state index contributed by atoms with van der Waals surface area (Å²) in [4.78, 5) is 29.4. The van der Waals surface area contributed by atoms with Gasteiger partial charge in [0.2, 0.25) is 21.8 Å². The second kappa shape index (κ2) is 13.9. The van der Waals surface area contributed by atoms with Crippen LogP contribution in [0.15, 0.2) is 72.8 Å². The van der Waals surface area contributed by atoms with E-state index in [1.54, 1.807) is 24.3 Å². The number of rotatable bonds is 11. The van der Waals surface area contributed by atoms with Crippen molar-refractivity contribution in [2.24, 2.45) is 0 Å². The molecule has 2 amide bonds. The van der Waals surface area contributed by atoms with Crippen molar-refractivity contribution in [3.63, 3.8) is 0 Å². The fourth-order valence-corrected chi connectivity index (χ4v) is 6.57. The molecule has 3 aromatic carbocycles. The molecule has 0 bridgehead atoms. The average Bonchev–Trinajstić information content (AvgIpc) is 3.42. The third-order valence-electron chi connectivity index (χ3n) is 7.09. The van der Waals surface area contributed by atoms with Crippen LogP contribution in [-0.2, 0) is 32.6 Å². The first-order valence-corrected chi connectivity index (χ1v) is 16.3. The van der Waals surface area contributed by atoms with Crippen LogP contribution in [0.5, 0.6) is 0 Å². The van der Waals surface area contributed by atoms with Crippen molar-refractivity contribution < 1.29 is 18.0 Å². The minimum atomic E-state index is -3.94. The first-order valence-electron chi connectivity index (χ1n) is 13.3. The summed E-state index contributed by atoms with van der Waals surface area (Å²) >= 11 is 18.8. The minimum absolute atomic E-state index is 0.00198. The van der Waals surface area contributed by atoms with E-state index < -0.39 is 28.5 Å². The van der Waals surface area contributed by atoms with Gasteiger partial charge in [0, 0.05) is 34.1 Å². The second-order valence-electron chi connectivity index (χ2n) is 10.2. The summed E-state index contributed by atoms with van der Waals surface area (Å²) < 4.78 is 26.8. The molecule has 0 spiro atoms. The van der Waals surface area contributed by atoms with E-state index >= 15 is 0 Å². The van der Waals surface area contributed by atoms with Crippen LogP contribution in [0.3, 0.4) is 0 Å². The van der Waals surface area contributed by atoms with Crippen LogP contribution in [-0.4, -0.2) is 50.0 Å². The third kappa shape index (κ3) is 8.61. The molecular formula is C30H32Cl3N3O4S. The standard InChI is InChI=1S/C30H32Cl3N3O4S/c1-41(39,40)36(26-17-23(31)16-24(32)18-26)20-29(37)35(19-22-11-5-8-14-27(22)33)28(15-21-9-3-2-4-10-21)30(38)34-25-12-6-7-13-25/h2-5,8-11,14,16-18,25,28H,6-7,12-13,15,19-20H2,1H3,(H,34,38)/t28-/m0/s1. The van der Waals surface area contributed by atoms with E-state index in [0.717, 1.165) is 41.8 Å². The summed E-state index contributed by atoms with van der Waals surface area (Å²) in [5.74, 6) is -0.869. The van der Waals surface area contributed by atoms with Crippen LogP contribution >= 0.6 is 34.8 Å². The number of sulfonamides is 1. The maximum Gasteiger partial charge on any atom is 0.244 e. The monoisotopic (exact) mass is 635 g/mol. The van der Waals surface area contributed by atoms with Crippen molar-refractivity contribution in [2.75, 3.05) is 17.1 Å². The summed E-state index contributed by atoms with van der Waals surface area (Å²) in [5, 5.41) is 4.01. The molecule has 0 heterocycles. The molecular weight excluding hydrogens is 605 g/mol.